The van der Waals surface area contributed by atoms with Crippen LogP contribution in [0.3, 0.4) is 0 Å². The predicted octanol–water partition coefficient (Wildman–Crippen LogP) is 3.39. The third kappa shape index (κ3) is 2.00. The summed E-state index contributed by atoms with van der Waals surface area (Å²) in [4.78, 5) is 0. The molecule has 0 radical (unpaired) electrons. The van der Waals surface area contributed by atoms with Gasteiger partial charge in [-0.05, 0) is 18.2 Å². The van der Waals surface area contributed by atoms with Gasteiger partial charge in [-0.15, -0.1) is 0 Å². The molecule has 0 aliphatic heterocycles. The number of hydrogen-bond acceptors (Lipinski definition) is 3. The molecule has 2 aromatic heterocycles. The summed E-state index contributed by atoms with van der Waals surface area (Å²) in [5.41, 5.74) is 8.56. The van der Waals surface area contributed by atoms with Crippen molar-refractivity contribution >= 4 is 32.8 Å². The van der Waals surface area contributed by atoms with Crippen LogP contribution in [0.4, 0.5) is 5.82 Å². The van der Waals surface area contributed by atoms with Crippen molar-refractivity contribution < 1.29 is 0 Å². The molecule has 6 heteroatoms. The van der Waals surface area contributed by atoms with Gasteiger partial charge in [0.25, 0.3) is 0 Å². The molecule has 0 aliphatic carbocycles. The summed E-state index contributed by atoms with van der Waals surface area (Å²) in [6, 6.07) is 7.95. The maximum absolute atomic E-state index is 6.01. The molecule has 0 saturated carbocycles. The van der Waals surface area contributed by atoms with Crippen LogP contribution < -0.4 is 5.73 Å². The molecule has 0 aliphatic rings. The summed E-state index contributed by atoms with van der Waals surface area (Å²) in [6.07, 6.45) is 0. The van der Waals surface area contributed by atoms with Crippen molar-refractivity contribution in [1.82, 2.24) is 20.0 Å². The van der Waals surface area contributed by atoms with Gasteiger partial charge in [-0.2, -0.15) is 10.2 Å². The Morgan fingerprint density at radius 3 is 2.70 bits per heavy atom. The van der Waals surface area contributed by atoms with Crippen molar-refractivity contribution in [3.63, 3.8) is 0 Å². The number of anilines is 1. The Hall–Kier alpha value is -1.82. The predicted molar refractivity (Wildman–Crippen MR) is 84.0 cm³/mol. The van der Waals surface area contributed by atoms with Gasteiger partial charge in [-0.3, -0.25) is 5.10 Å². The van der Waals surface area contributed by atoms with E-state index in [2.05, 4.69) is 46.9 Å². The van der Waals surface area contributed by atoms with E-state index < -0.39 is 0 Å². The molecular formula is C14H16BrN5. The maximum atomic E-state index is 6.01. The molecule has 0 amide bonds. The molecule has 3 rings (SSSR count). The van der Waals surface area contributed by atoms with Crippen LogP contribution in [0.1, 0.15) is 26.5 Å². The topological polar surface area (TPSA) is 72.5 Å². The Bertz CT molecular complexity index is 779. The van der Waals surface area contributed by atoms with Crippen LogP contribution in [0, 0.1) is 0 Å². The van der Waals surface area contributed by atoms with Crippen LogP contribution in [0.5, 0.6) is 0 Å². The van der Waals surface area contributed by atoms with Crippen LogP contribution in [-0.2, 0) is 5.41 Å². The van der Waals surface area contributed by atoms with Crippen molar-refractivity contribution in [3.05, 3.63) is 34.4 Å². The van der Waals surface area contributed by atoms with Gasteiger partial charge in [0.1, 0.15) is 5.82 Å². The lowest BCUT2D eigenvalue weighted by Crippen LogP contribution is -2.13. The Morgan fingerprint density at radius 2 is 2.05 bits per heavy atom. The Morgan fingerprint density at radius 1 is 1.30 bits per heavy atom. The van der Waals surface area contributed by atoms with Gasteiger partial charge in [-0.1, -0.05) is 42.8 Å². The van der Waals surface area contributed by atoms with E-state index >= 15 is 0 Å². The summed E-state index contributed by atoms with van der Waals surface area (Å²) in [6.45, 7) is 6.35. The quantitative estimate of drug-likeness (QED) is 0.716. The zero-order valence-electron chi connectivity index (χ0n) is 11.6. The standard InChI is InChI=1S/C14H16BrN5/c1-14(2,3)11-10-12(16)17-18-13(10)20(19-11)9-6-4-5-8(15)7-9/h4-7H,1-3H3,(H3,16,17,18). The monoisotopic (exact) mass is 333 g/mol. The van der Waals surface area contributed by atoms with Crippen LogP contribution >= 0.6 is 15.9 Å². The van der Waals surface area contributed by atoms with Crippen molar-refractivity contribution in [2.75, 3.05) is 5.73 Å². The fraction of sp³-hybridized carbons (Fsp3) is 0.286. The van der Waals surface area contributed by atoms with Gasteiger partial charge in [0, 0.05) is 9.89 Å². The number of nitrogens with one attached hydrogen (secondary N) is 1. The lowest BCUT2D eigenvalue weighted by molar-refractivity contribution is 0.564. The highest BCUT2D eigenvalue weighted by Gasteiger charge is 2.26. The van der Waals surface area contributed by atoms with E-state index in [0.29, 0.717) is 5.82 Å². The van der Waals surface area contributed by atoms with Crippen molar-refractivity contribution in [3.8, 4) is 5.69 Å². The number of hydrogen-bond donors (Lipinski definition) is 2. The molecule has 2 heterocycles. The highest BCUT2D eigenvalue weighted by molar-refractivity contribution is 9.10. The Kier molecular flexibility index (Phi) is 2.86. The lowest BCUT2D eigenvalue weighted by Gasteiger charge is -2.15. The number of aromatic amines is 1. The van der Waals surface area contributed by atoms with Crippen LogP contribution in [0.15, 0.2) is 28.7 Å². The van der Waals surface area contributed by atoms with E-state index in [1.54, 1.807) is 0 Å². The number of nitrogens with two attached hydrogens (primary N) is 1. The van der Waals surface area contributed by atoms with Crippen LogP contribution in [-0.4, -0.2) is 20.0 Å². The maximum Gasteiger partial charge on any atom is 0.186 e. The second kappa shape index (κ2) is 4.34. The fourth-order valence-corrected chi connectivity index (χ4v) is 2.63. The first-order chi connectivity index (χ1) is 9.38. The zero-order chi connectivity index (χ0) is 14.5. The van der Waals surface area contributed by atoms with E-state index in [9.17, 15) is 0 Å². The Balaban J connectivity index is 2.33. The molecule has 0 atom stereocenters. The minimum Gasteiger partial charge on any atom is -0.383 e. The number of fused-ring (bicyclic) bond motifs is 1. The van der Waals surface area contributed by atoms with Gasteiger partial charge < -0.3 is 5.73 Å². The average Bonchev–Trinajstić information content (AvgIpc) is 2.90. The number of rotatable bonds is 1. The van der Waals surface area contributed by atoms with E-state index in [1.165, 1.54) is 0 Å². The fourth-order valence-electron chi connectivity index (χ4n) is 2.24. The minimum atomic E-state index is -0.104. The molecule has 0 unspecified atom stereocenters. The number of nitrogen functional groups attached to an aromatic ring is 1. The summed E-state index contributed by atoms with van der Waals surface area (Å²) >= 11 is 3.48. The molecule has 1 aromatic carbocycles. The largest absolute Gasteiger partial charge is 0.383 e. The first-order valence-electron chi connectivity index (χ1n) is 6.37. The van der Waals surface area contributed by atoms with E-state index in [1.807, 2.05) is 28.9 Å². The van der Waals surface area contributed by atoms with E-state index in [-0.39, 0.29) is 5.41 Å². The van der Waals surface area contributed by atoms with Crippen molar-refractivity contribution in [1.29, 1.82) is 0 Å². The molecular weight excluding hydrogens is 318 g/mol. The second-order valence-electron chi connectivity index (χ2n) is 5.83. The highest BCUT2D eigenvalue weighted by Crippen LogP contribution is 2.33. The lowest BCUT2D eigenvalue weighted by atomic mass is 9.91. The van der Waals surface area contributed by atoms with Gasteiger partial charge in [-0.25, -0.2) is 4.68 Å². The molecule has 3 aromatic rings. The normalized spacial score (nSPS) is 12.2. The number of halogens is 1. The molecule has 20 heavy (non-hydrogen) atoms. The van der Waals surface area contributed by atoms with Crippen molar-refractivity contribution in [2.24, 2.45) is 0 Å². The molecule has 0 bridgehead atoms. The van der Waals surface area contributed by atoms with Gasteiger partial charge in [0.2, 0.25) is 0 Å². The number of nitrogens with zero attached hydrogens (tertiary/aromatic N) is 3. The van der Waals surface area contributed by atoms with Gasteiger partial charge in [0.05, 0.1) is 16.8 Å². The number of H-pyrrole nitrogens is 1. The first kappa shape index (κ1) is 13.2. The molecule has 0 saturated heterocycles. The molecule has 104 valence electrons. The molecule has 3 N–H and O–H groups in total. The number of benzene rings is 1. The highest BCUT2D eigenvalue weighted by atomic mass is 79.9. The van der Waals surface area contributed by atoms with E-state index in [0.717, 1.165) is 26.9 Å². The summed E-state index contributed by atoms with van der Waals surface area (Å²) in [5, 5.41) is 12.8. The molecule has 5 nitrogen and oxygen atoms in total. The van der Waals surface area contributed by atoms with Crippen LogP contribution in [0.2, 0.25) is 0 Å². The third-order valence-electron chi connectivity index (χ3n) is 3.18. The zero-order valence-corrected chi connectivity index (χ0v) is 13.2. The number of aromatic nitrogens is 4. The summed E-state index contributed by atoms with van der Waals surface area (Å²) in [5.74, 6) is 0.561. The molecule has 0 spiro atoms. The molecule has 0 fully saturated rings. The Labute approximate surface area is 125 Å². The SMILES string of the molecule is CC(C)(C)c1nn(-c2cccc(Br)c2)c2n[nH]c(N)c12. The van der Waals surface area contributed by atoms with Gasteiger partial charge in [0.15, 0.2) is 5.65 Å². The summed E-state index contributed by atoms with van der Waals surface area (Å²) in [7, 11) is 0. The smallest absolute Gasteiger partial charge is 0.186 e. The van der Waals surface area contributed by atoms with E-state index in [4.69, 9.17) is 10.8 Å². The van der Waals surface area contributed by atoms with Crippen molar-refractivity contribution in [2.45, 2.75) is 26.2 Å². The first-order valence-corrected chi connectivity index (χ1v) is 7.16. The van der Waals surface area contributed by atoms with Crippen LogP contribution in [0.25, 0.3) is 16.7 Å². The minimum absolute atomic E-state index is 0.104. The third-order valence-corrected chi connectivity index (χ3v) is 3.67. The average molecular weight is 334 g/mol. The van der Waals surface area contributed by atoms with Gasteiger partial charge >= 0.3 is 0 Å². The second-order valence-corrected chi connectivity index (χ2v) is 6.74. The summed E-state index contributed by atoms with van der Waals surface area (Å²) < 4.78 is 2.83.